The third-order valence-corrected chi connectivity index (χ3v) is 3.97. The lowest BCUT2D eigenvalue weighted by molar-refractivity contribution is -0.384. The lowest BCUT2D eigenvalue weighted by atomic mass is 10.1. The predicted molar refractivity (Wildman–Crippen MR) is 93.3 cm³/mol. The smallest absolute Gasteiger partial charge is 0.258 e. The fourth-order valence-corrected chi connectivity index (χ4v) is 2.61. The molecule has 0 saturated heterocycles. The minimum absolute atomic E-state index is 0.0366. The first-order chi connectivity index (χ1) is 12.1. The van der Waals surface area contributed by atoms with Crippen molar-refractivity contribution in [1.82, 2.24) is 19.6 Å². The van der Waals surface area contributed by atoms with Gasteiger partial charge in [-0.1, -0.05) is 11.6 Å². The molecule has 0 amide bonds. The van der Waals surface area contributed by atoms with Crippen molar-refractivity contribution in [2.24, 2.45) is 0 Å². The summed E-state index contributed by atoms with van der Waals surface area (Å²) in [6.07, 6.45) is 1.63. The molecule has 25 heavy (non-hydrogen) atoms. The molecule has 0 aliphatic rings. The normalized spacial score (nSPS) is 10.9. The van der Waals surface area contributed by atoms with Crippen LogP contribution in [0, 0.1) is 10.1 Å². The molecule has 0 aliphatic heterocycles. The van der Waals surface area contributed by atoms with Gasteiger partial charge in [0.1, 0.15) is 0 Å². The maximum absolute atomic E-state index is 10.8. The summed E-state index contributed by atoms with van der Waals surface area (Å²) >= 11 is 5.91. The van der Waals surface area contributed by atoms with Gasteiger partial charge in [0.25, 0.3) is 11.5 Å². The topological polar surface area (TPSA) is 86.2 Å². The molecule has 8 heteroatoms. The van der Waals surface area contributed by atoms with E-state index in [4.69, 9.17) is 11.6 Å². The van der Waals surface area contributed by atoms with Crippen LogP contribution < -0.4 is 0 Å². The second-order valence-corrected chi connectivity index (χ2v) is 5.72. The number of nitrogens with zero attached hydrogens (tertiary/aromatic N) is 5. The standard InChI is InChI=1S/C17H10ClN5O2/c18-13-5-1-12(2-6-13)16-20-17-19-10-9-15(22(17)21-16)11-3-7-14(8-4-11)23(24)25/h1-10H. The van der Waals surface area contributed by atoms with Crippen LogP contribution in [-0.4, -0.2) is 24.5 Å². The van der Waals surface area contributed by atoms with Gasteiger partial charge >= 0.3 is 0 Å². The summed E-state index contributed by atoms with van der Waals surface area (Å²) in [7, 11) is 0. The summed E-state index contributed by atoms with van der Waals surface area (Å²) in [5, 5.41) is 16.0. The number of hydrogen-bond acceptors (Lipinski definition) is 5. The van der Waals surface area contributed by atoms with Crippen molar-refractivity contribution in [2.45, 2.75) is 0 Å². The highest BCUT2D eigenvalue weighted by molar-refractivity contribution is 6.30. The Morgan fingerprint density at radius 3 is 2.32 bits per heavy atom. The van der Waals surface area contributed by atoms with E-state index in [1.807, 2.05) is 12.1 Å². The fourth-order valence-electron chi connectivity index (χ4n) is 2.49. The number of fused-ring (bicyclic) bond motifs is 1. The maximum atomic E-state index is 10.8. The van der Waals surface area contributed by atoms with Crippen molar-refractivity contribution >= 4 is 23.1 Å². The van der Waals surface area contributed by atoms with Crippen molar-refractivity contribution in [3.8, 4) is 22.6 Å². The van der Waals surface area contributed by atoms with Gasteiger partial charge in [0, 0.05) is 34.5 Å². The number of non-ortho nitro benzene ring substituents is 1. The Morgan fingerprint density at radius 1 is 0.960 bits per heavy atom. The van der Waals surface area contributed by atoms with E-state index in [0.717, 1.165) is 16.8 Å². The summed E-state index contributed by atoms with van der Waals surface area (Å²) in [5.41, 5.74) is 2.39. The van der Waals surface area contributed by atoms with Gasteiger partial charge in [0.2, 0.25) is 0 Å². The van der Waals surface area contributed by atoms with Crippen molar-refractivity contribution in [3.63, 3.8) is 0 Å². The molecule has 0 radical (unpaired) electrons. The molecule has 0 fully saturated rings. The van der Waals surface area contributed by atoms with Crippen LogP contribution in [0.1, 0.15) is 0 Å². The molecule has 2 aromatic carbocycles. The molecular formula is C17H10ClN5O2. The number of benzene rings is 2. The van der Waals surface area contributed by atoms with Gasteiger partial charge in [0.05, 0.1) is 10.6 Å². The first-order valence-corrected chi connectivity index (χ1v) is 7.72. The minimum atomic E-state index is -0.431. The van der Waals surface area contributed by atoms with E-state index < -0.39 is 4.92 Å². The number of hydrogen-bond donors (Lipinski definition) is 0. The number of halogens is 1. The van der Waals surface area contributed by atoms with Gasteiger partial charge in [-0.25, -0.2) is 4.98 Å². The summed E-state index contributed by atoms with van der Waals surface area (Å²) in [4.78, 5) is 19.0. The van der Waals surface area contributed by atoms with Crippen LogP contribution in [-0.2, 0) is 0 Å². The Morgan fingerprint density at radius 2 is 1.64 bits per heavy atom. The molecule has 4 rings (SSSR count). The molecule has 0 atom stereocenters. The van der Waals surface area contributed by atoms with E-state index in [0.29, 0.717) is 16.6 Å². The quantitative estimate of drug-likeness (QED) is 0.411. The molecule has 122 valence electrons. The highest BCUT2D eigenvalue weighted by atomic mass is 35.5. The molecule has 0 bridgehead atoms. The zero-order chi connectivity index (χ0) is 17.4. The minimum Gasteiger partial charge on any atom is -0.258 e. The molecule has 7 nitrogen and oxygen atoms in total. The van der Waals surface area contributed by atoms with Crippen molar-refractivity contribution in [1.29, 1.82) is 0 Å². The van der Waals surface area contributed by atoms with E-state index in [9.17, 15) is 10.1 Å². The van der Waals surface area contributed by atoms with Crippen molar-refractivity contribution in [2.75, 3.05) is 0 Å². The lowest BCUT2D eigenvalue weighted by Crippen LogP contribution is -1.96. The van der Waals surface area contributed by atoms with Gasteiger partial charge in [-0.3, -0.25) is 10.1 Å². The van der Waals surface area contributed by atoms with Crippen LogP contribution in [0.2, 0.25) is 5.02 Å². The van der Waals surface area contributed by atoms with Gasteiger partial charge in [-0.2, -0.15) is 9.50 Å². The van der Waals surface area contributed by atoms with E-state index in [-0.39, 0.29) is 5.69 Å². The van der Waals surface area contributed by atoms with Crippen molar-refractivity contribution in [3.05, 3.63) is 75.9 Å². The Bertz CT molecular complexity index is 1070. The van der Waals surface area contributed by atoms with Gasteiger partial charge in [-0.15, -0.1) is 5.10 Å². The number of aromatic nitrogens is 4. The second kappa shape index (κ2) is 5.95. The zero-order valence-electron chi connectivity index (χ0n) is 12.7. The second-order valence-electron chi connectivity index (χ2n) is 5.29. The monoisotopic (exact) mass is 351 g/mol. The SMILES string of the molecule is O=[N+]([O-])c1ccc(-c2ccnc3nc(-c4ccc(Cl)cc4)nn23)cc1. The molecule has 2 heterocycles. The summed E-state index contributed by atoms with van der Waals surface area (Å²) in [6.45, 7) is 0. The molecule has 0 saturated carbocycles. The average molecular weight is 352 g/mol. The molecule has 0 aliphatic carbocycles. The Kier molecular flexibility index (Phi) is 3.62. The third kappa shape index (κ3) is 2.81. The first-order valence-electron chi connectivity index (χ1n) is 7.34. The van der Waals surface area contributed by atoms with Crippen LogP contribution in [0.3, 0.4) is 0 Å². The lowest BCUT2D eigenvalue weighted by Gasteiger charge is -2.03. The van der Waals surface area contributed by atoms with Gasteiger partial charge in [-0.05, 0) is 42.5 Å². The van der Waals surface area contributed by atoms with Crippen LogP contribution >= 0.6 is 11.6 Å². The van der Waals surface area contributed by atoms with Crippen molar-refractivity contribution < 1.29 is 4.92 Å². The van der Waals surface area contributed by atoms with Crippen LogP contribution in [0.5, 0.6) is 0 Å². The number of nitro groups is 1. The number of nitro benzene ring substituents is 1. The molecule has 0 N–H and O–H groups in total. The fraction of sp³-hybridized carbons (Fsp3) is 0. The highest BCUT2D eigenvalue weighted by Gasteiger charge is 2.12. The number of rotatable bonds is 3. The Hall–Kier alpha value is -3.32. The van der Waals surface area contributed by atoms with Gasteiger partial charge in [0.15, 0.2) is 5.82 Å². The molecule has 0 spiro atoms. The summed E-state index contributed by atoms with van der Waals surface area (Å²) in [6, 6.07) is 15.3. The Balaban J connectivity index is 1.82. The van der Waals surface area contributed by atoms with Crippen LogP contribution in [0.25, 0.3) is 28.4 Å². The zero-order valence-corrected chi connectivity index (χ0v) is 13.5. The van der Waals surface area contributed by atoms with Gasteiger partial charge < -0.3 is 0 Å². The molecular weight excluding hydrogens is 342 g/mol. The molecule has 0 unspecified atom stereocenters. The van der Waals surface area contributed by atoms with E-state index in [2.05, 4.69) is 15.1 Å². The maximum Gasteiger partial charge on any atom is 0.269 e. The first kappa shape index (κ1) is 15.2. The van der Waals surface area contributed by atoms with E-state index in [1.165, 1.54) is 12.1 Å². The summed E-state index contributed by atoms with van der Waals surface area (Å²) < 4.78 is 1.62. The molecule has 4 aromatic rings. The van der Waals surface area contributed by atoms with Crippen LogP contribution in [0.15, 0.2) is 60.8 Å². The largest absolute Gasteiger partial charge is 0.269 e. The Labute approximate surface area is 146 Å². The van der Waals surface area contributed by atoms with E-state index >= 15 is 0 Å². The third-order valence-electron chi connectivity index (χ3n) is 3.72. The summed E-state index contributed by atoms with van der Waals surface area (Å²) in [5.74, 6) is 0.972. The van der Waals surface area contributed by atoms with E-state index in [1.54, 1.807) is 41.0 Å². The highest BCUT2D eigenvalue weighted by Crippen LogP contribution is 2.24. The van der Waals surface area contributed by atoms with Crippen LogP contribution in [0.4, 0.5) is 5.69 Å². The predicted octanol–water partition coefficient (Wildman–Crippen LogP) is 4.02. The average Bonchev–Trinajstić information content (AvgIpc) is 3.06. The molecule has 2 aromatic heterocycles.